The van der Waals surface area contributed by atoms with Gasteiger partial charge in [-0.15, -0.1) is 11.3 Å². The Morgan fingerprint density at radius 2 is 2.04 bits per heavy atom. The molecule has 0 aliphatic carbocycles. The zero-order valence-corrected chi connectivity index (χ0v) is 17.9. The average Bonchev–Trinajstić information content (AvgIpc) is 2.98. The van der Waals surface area contributed by atoms with Gasteiger partial charge in [0, 0.05) is 38.1 Å². The molecule has 0 bridgehead atoms. The minimum atomic E-state index is -3.51. The fourth-order valence-electron chi connectivity index (χ4n) is 2.64. The van der Waals surface area contributed by atoms with Crippen LogP contribution in [0.2, 0.25) is 0 Å². The lowest BCUT2D eigenvalue weighted by Gasteiger charge is -2.39. The van der Waals surface area contributed by atoms with Gasteiger partial charge >= 0.3 is 0 Å². The van der Waals surface area contributed by atoms with E-state index < -0.39 is 24.6 Å². The van der Waals surface area contributed by atoms with Crippen LogP contribution in [0.25, 0.3) is 0 Å². The number of aliphatic imine (C=N–C) groups is 1. The normalized spacial score (nSPS) is 20.2. The lowest BCUT2D eigenvalue weighted by atomic mass is 10.2. The second kappa shape index (κ2) is 7.83. The number of thiophene rings is 1. The van der Waals surface area contributed by atoms with Crippen LogP contribution >= 0.6 is 11.3 Å². The molecule has 1 aromatic rings. The van der Waals surface area contributed by atoms with Crippen LogP contribution in [0.4, 0.5) is 0 Å². The SMILES string of the molecule is CN=C(NCCNS(=O)(=O)c1ccc(C)s1)N1CCS(=O)(=O)C(C)(C)C1. The molecule has 1 aliphatic heterocycles. The van der Waals surface area contributed by atoms with Gasteiger partial charge in [0.15, 0.2) is 15.8 Å². The molecule has 148 valence electrons. The third-order valence-corrected chi connectivity index (χ3v) is 9.72. The maximum Gasteiger partial charge on any atom is 0.250 e. The van der Waals surface area contributed by atoms with Gasteiger partial charge in [0.25, 0.3) is 0 Å². The molecule has 0 spiro atoms. The fourth-order valence-corrected chi connectivity index (χ4v) is 6.37. The Hall–Kier alpha value is -1.17. The minimum Gasteiger partial charge on any atom is -0.355 e. The van der Waals surface area contributed by atoms with Gasteiger partial charge in [0.2, 0.25) is 10.0 Å². The zero-order chi connectivity index (χ0) is 19.6. The quantitative estimate of drug-likeness (QED) is 0.404. The molecule has 0 amide bonds. The monoisotopic (exact) mass is 422 g/mol. The fraction of sp³-hybridized carbons (Fsp3) is 0.667. The number of sulfonamides is 1. The van der Waals surface area contributed by atoms with E-state index in [9.17, 15) is 16.8 Å². The van der Waals surface area contributed by atoms with Crippen LogP contribution in [0.15, 0.2) is 21.3 Å². The summed E-state index contributed by atoms with van der Waals surface area (Å²) in [5, 5.41) is 3.09. The second-order valence-electron chi connectivity index (χ2n) is 6.74. The molecule has 1 aliphatic rings. The van der Waals surface area contributed by atoms with Crippen molar-refractivity contribution in [2.24, 2.45) is 4.99 Å². The van der Waals surface area contributed by atoms with E-state index in [1.165, 1.54) is 11.3 Å². The number of hydrogen-bond donors (Lipinski definition) is 2. The van der Waals surface area contributed by atoms with Crippen molar-refractivity contribution in [1.29, 1.82) is 0 Å². The second-order valence-corrected chi connectivity index (χ2v) is 12.8. The summed E-state index contributed by atoms with van der Waals surface area (Å²) in [7, 11) is -5.01. The van der Waals surface area contributed by atoms with Gasteiger partial charge in [0.05, 0.1) is 10.5 Å². The molecule has 0 saturated carbocycles. The summed E-state index contributed by atoms with van der Waals surface area (Å²) in [6, 6.07) is 3.36. The van der Waals surface area contributed by atoms with Crippen molar-refractivity contribution in [3.05, 3.63) is 17.0 Å². The Morgan fingerprint density at radius 3 is 2.58 bits per heavy atom. The third kappa shape index (κ3) is 4.76. The van der Waals surface area contributed by atoms with E-state index in [-0.39, 0.29) is 12.3 Å². The van der Waals surface area contributed by atoms with E-state index in [1.54, 1.807) is 33.0 Å². The Kier molecular flexibility index (Phi) is 6.36. The molecule has 1 aromatic heterocycles. The minimum absolute atomic E-state index is 0.0745. The molecule has 2 N–H and O–H groups in total. The summed E-state index contributed by atoms with van der Waals surface area (Å²) in [5.41, 5.74) is 0. The van der Waals surface area contributed by atoms with Gasteiger partial charge in [-0.1, -0.05) is 0 Å². The Morgan fingerprint density at radius 1 is 1.35 bits per heavy atom. The molecule has 1 fully saturated rings. The highest BCUT2D eigenvalue weighted by Gasteiger charge is 2.40. The molecule has 2 heterocycles. The van der Waals surface area contributed by atoms with Crippen molar-refractivity contribution in [2.75, 3.05) is 39.0 Å². The van der Waals surface area contributed by atoms with Gasteiger partial charge in [-0.05, 0) is 32.9 Å². The van der Waals surface area contributed by atoms with Gasteiger partial charge in [-0.2, -0.15) is 0 Å². The molecule has 11 heteroatoms. The van der Waals surface area contributed by atoms with Crippen molar-refractivity contribution in [1.82, 2.24) is 14.9 Å². The molecule has 0 unspecified atom stereocenters. The summed E-state index contributed by atoms with van der Waals surface area (Å²) in [5.74, 6) is 0.643. The van der Waals surface area contributed by atoms with Crippen molar-refractivity contribution in [2.45, 2.75) is 29.7 Å². The topological polar surface area (TPSA) is 108 Å². The van der Waals surface area contributed by atoms with Crippen molar-refractivity contribution in [3.8, 4) is 0 Å². The van der Waals surface area contributed by atoms with Crippen LogP contribution in [-0.2, 0) is 19.9 Å². The number of nitrogens with zero attached hydrogens (tertiary/aromatic N) is 2. The molecule has 0 atom stereocenters. The van der Waals surface area contributed by atoms with Gasteiger partial charge in [-0.3, -0.25) is 4.99 Å². The number of aryl methyl sites for hydroxylation is 1. The predicted molar refractivity (Wildman–Crippen MR) is 105 cm³/mol. The highest BCUT2D eigenvalue weighted by atomic mass is 32.2. The van der Waals surface area contributed by atoms with E-state index in [1.807, 2.05) is 11.8 Å². The predicted octanol–water partition coefficient (Wildman–Crippen LogP) is 0.419. The molecule has 2 rings (SSSR count). The Bertz CT molecular complexity index is 872. The molecule has 8 nitrogen and oxygen atoms in total. The molecular formula is C15H26N4O4S3. The number of sulfone groups is 1. The van der Waals surface area contributed by atoms with Crippen molar-refractivity contribution in [3.63, 3.8) is 0 Å². The summed E-state index contributed by atoms with van der Waals surface area (Å²) >= 11 is 1.23. The van der Waals surface area contributed by atoms with Gasteiger partial charge in [0.1, 0.15) is 4.21 Å². The van der Waals surface area contributed by atoms with Crippen LogP contribution in [0.5, 0.6) is 0 Å². The maximum atomic E-state index is 12.2. The van der Waals surface area contributed by atoms with Crippen LogP contribution in [-0.4, -0.2) is 71.4 Å². The van der Waals surface area contributed by atoms with Crippen LogP contribution in [0.3, 0.4) is 0 Å². The number of nitrogens with one attached hydrogen (secondary N) is 2. The first kappa shape index (κ1) is 21.1. The number of guanidine groups is 1. The summed E-state index contributed by atoms with van der Waals surface area (Å²) in [6.45, 7) is 6.53. The standard InChI is InChI=1S/C15H26N4O4S3/c1-12-5-6-13(24-12)26(22,23)18-8-7-17-14(16-4)19-9-10-25(20,21)15(2,3)11-19/h5-6,18H,7-11H2,1-4H3,(H,16,17). The van der Waals surface area contributed by atoms with Gasteiger partial charge in [-0.25, -0.2) is 21.6 Å². The zero-order valence-electron chi connectivity index (χ0n) is 15.4. The third-order valence-electron chi connectivity index (χ3n) is 4.24. The summed E-state index contributed by atoms with van der Waals surface area (Å²) in [6.07, 6.45) is 0. The molecule has 26 heavy (non-hydrogen) atoms. The first-order chi connectivity index (χ1) is 12.0. The van der Waals surface area contributed by atoms with Crippen LogP contribution in [0, 0.1) is 6.92 Å². The average molecular weight is 423 g/mol. The van der Waals surface area contributed by atoms with E-state index in [4.69, 9.17) is 0 Å². The van der Waals surface area contributed by atoms with Crippen molar-refractivity contribution < 1.29 is 16.8 Å². The van der Waals surface area contributed by atoms with E-state index >= 15 is 0 Å². The highest BCUT2D eigenvalue weighted by molar-refractivity contribution is 7.92. The van der Waals surface area contributed by atoms with Gasteiger partial charge < -0.3 is 10.2 Å². The van der Waals surface area contributed by atoms with Crippen molar-refractivity contribution >= 4 is 37.2 Å². The first-order valence-corrected chi connectivity index (χ1v) is 12.2. The molecular weight excluding hydrogens is 396 g/mol. The van der Waals surface area contributed by atoms with Crippen LogP contribution in [0.1, 0.15) is 18.7 Å². The number of rotatable bonds is 5. The molecule has 0 radical (unpaired) electrons. The first-order valence-electron chi connectivity index (χ1n) is 8.22. The van der Waals surface area contributed by atoms with E-state index in [0.29, 0.717) is 29.8 Å². The highest BCUT2D eigenvalue weighted by Crippen LogP contribution is 2.23. The largest absolute Gasteiger partial charge is 0.355 e. The lowest BCUT2D eigenvalue weighted by molar-refractivity contribution is 0.353. The smallest absolute Gasteiger partial charge is 0.250 e. The van der Waals surface area contributed by atoms with E-state index in [0.717, 1.165) is 4.88 Å². The molecule has 0 aromatic carbocycles. The summed E-state index contributed by atoms with van der Waals surface area (Å²) < 4.78 is 50.6. The number of hydrogen-bond acceptors (Lipinski definition) is 6. The van der Waals surface area contributed by atoms with E-state index in [2.05, 4.69) is 15.0 Å². The maximum absolute atomic E-state index is 12.2. The molecule has 1 saturated heterocycles. The van der Waals surface area contributed by atoms with Crippen LogP contribution < -0.4 is 10.0 Å². The Labute approximate surface area is 159 Å². The Balaban J connectivity index is 1.88. The lowest BCUT2D eigenvalue weighted by Crippen LogP contribution is -2.57. The summed E-state index contributed by atoms with van der Waals surface area (Å²) in [4.78, 5) is 7.01.